The highest BCUT2D eigenvalue weighted by Gasteiger charge is 2.32. The lowest BCUT2D eigenvalue weighted by Crippen LogP contribution is -2.34. The second-order valence-corrected chi connectivity index (χ2v) is 7.44. The van der Waals surface area contributed by atoms with E-state index in [9.17, 15) is 8.78 Å². The maximum atomic E-state index is 13.7. The average molecular weight is 338 g/mol. The molecule has 0 amide bonds. The normalized spacial score (nSPS) is 31.2. The van der Waals surface area contributed by atoms with Gasteiger partial charge in [0.2, 0.25) is 0 Å². The fourth-order valence-corrected chi connectivity index (χ4v) is 4.14. The van der Waals surface area contributed by atoms with Crippen LogP contribution < -0.4 is 0 Å². The van der Waals surface area contributed by atoms with Crippen molar-refractivity contribution in [3.8, 4) is 0 Å². The Morgan fingerprint density at radius 2 is 1.54 bits per heavy atom. The monoisotopic (exact) mass is 338 g/mol. The minimum absolute atomic E-state index is 0.0382. The van der Waals surface area contributed by atoms with Crippen LogP contribution in [-0.4, -0.2) is 13.2 Å². The van der Waals surface area contributed by atoms with Gasteiger partial charge in [0.25, 0.3) is 0 Å². The SMILES string of the molecule is CCCC1CCC(C2COC(c3cc(F)c(C)c(F)c3)OC2)CC1. The standard InChI is InChI=1S/C20H28F2O2/c1-3-4-14-5-7-15(8-6-14)17-11-23-20(24-12-17)16-9-18(21)13(2)19(22)10-16/h9-10,14-15,17,20H,3-8,11-12H2,1-2H3. The summed E-state index contributed by atoms with van der Waals surface area (Å²) in [5.74, 6) is 0.861. The molecule has 0 atom stereocenters. The average Bonchev–Trinajstić information content (AvgIpc) is 2.60. The number of rotatable bonds is 4. The van der Waals surface area contributed by atoms with Gasteiger partial charge in [-0.3, -0.25) is 0 Å². The van der Waals surface area contributed by atoms with Gasteiger partial charge in [-0.05, 0) is 43.7 Å². The third-order valence-corrected chi connectivity index (χ3v) is 5.75. The first-order chi connectivity index (χ1) is 11.6. The van der Waals surface area contributed by atoms with Crippen molar-refractivity contribution in [2.75, 3.05) is 13.2 Å². The molecule has 1 aromatic carbocycles. The van der Waals surface area contributed by atoms with Crippen molar-refractivity contribution in [2.24, 2.45) is 17.8 Å². The minimum atomic E-state index is -0.651. The van der Waals surface area contributed by atoms with Crippen LogP contribution in [0.25, 0.3) is 0 Å². The van der Waals surface area contributed by atoms with E-state index < -0.39 is 17.9 Å². The molecule has 2 aliphatic rings. The third kappa shape index (κ3) is 3.97. The van der Waals surface area contributed by atoms with Crippen LogP contribution in [0.5, 0.6) is 0 Å². The van der Waals surface area contributed by atoms with Gasteiger partial charge in [0.15, 0.2) is 6.29 Å². The topological polar surface area (TPSA) is 18.5 Å². The fraction of sp³-hybridized carbons (Fsp3) is 0.700. The Kier molecular flexibility index (Phi) is 5.88. The predicted octanol–water partition coefficient (Wildman–Crippen LogP) is 5.54. The van der Waals surface area contributed by atoms with Crippen molar-refractivity contribution < 1.29 is 18.3 Å². The first-order valence-corrected chi connectivity index (χ1v) is 9.27. The van der Waals surface area contributed by atoms with Crippen molar-refractivity contribution in [1.29, 1.82) is 0 Å². The van der Waals surface area contributed by atoms with Crippen LogP contribution in [-0.2, 0) is 9.47 Å². The summed E-state index contributed by atoms with van der Waals surface area (Å²) in [7, 11) is 0. The molecular formula is C20H28F2O2. The van der Waals surface area contributed by atoms with Gasteiger partial charge in [-0.1, -0.05) is 32.6 Å². The lowest BCUT2D eigenvalue weighted by molar-refractivity contribution is -0.215. The first-order valence-electron chi connectivity index (χ1n) is 9.27. The summed E-state index contributed by atoms with van der Waals surface area (Å²) in [4.78, 5) is 0. The summed E-state index contributed by atoms with van der Waals surface area (Å²) in [5.41, 5.74) is 0.469. The molecule has 0 radical (unpaired) electrons. The van der Waals surface area contributed by atoms with E-state index in [2.05, 4.69) is 6.92 Å². The summed E-state index contributed by atoms with van der Waals surface area (Å²) >= 11 is 0. The molecule has 0 aromatic heterocycles. The predicted molar refractivity (Wildman–Crippen MR) is 89.6 cm³/mol. The smallest absolute Gasteiger partial charge is 0.184 e. The highest BCUT2D eigenvalue weighted by Crippen LogP contribution is 2.38. The zero-order valence-corrected chi connectivity index (χ0v) is 14.7. The zero-order valence-electron chi connectivity index (χ0n) is 14.7. The molecule has 1 saturated heterocycles. The van der Waals surface area contributed by atoms with Gasteiger partial charge >= 0.3 is 0 Å². The molecule has 0 spiro atoms. The highest BCUT2D eigenvalue weighted by molar-refractivity contribution is 5.26. The van der Waals surface area contributed by atoms with Crippen LogP contribution in [0, 0.1) is 36.3 Å². The molecule has 0 N–H and O–H groups in total. The zero-order chi connectivity index (χ0) is 17.1. The summed E-state index contributed by atoms with van der Waals surface area (Å²) in [6.07, 6.45) is 7.09. The molecule has 0 bridgehead atoms. The summed E-state index contributed by atoms with van der Waals surface area (Å²) in [6.45, 7) is 4.92. The quantitative estimate of drug-likeness (QED) is 0.717. The van der Waals surface area contributed by atoms with E-state index in [0.29, 0.717) is 30.6 Å². The largest absolute Gasteiger partial charge is 0.348 e. The Morgan fingerprint density at radius 1 is 0.958 bits per heavy atom. The number of hydrogen-bond acceptors (Lipinski definition) is 2. The molecule has 3 rings (SSSR count). The van der Waals surface area contributed by atoms with Crippen LogP contribution in [0.4, 0.5) is 8.78 Å². The maximum Gasteiger partial charge on any atom is 0.184 e. The van der Waals surface area contributed by atoms with Crippen LogP contribution in [0.2, 0.25) is 0 Å². The van der Waals surface area contributed by atoms with Gasteiger partial charge in [-0.2, -0.15) is 0 Å². The van der Waals surface area contributed by atoms with E-state index in [-0.39, 0.29) is 5.56 Å². The Hall–Kier alpha value is -1.00. The molecule has 24 heavy (non-hydrogen) atoms. The Bertz CT molecular complexity index is 522. The van der Waals surface area contributed by atoms with Crippen molar-refractivity contribution >= 4 is 0 Å². The Morgan fingerprint density at radius 3 is 2.08 bits per heavy atom. The summed E-state index contributed by atoms with van der Waals surface area (Å²) in [5, 5.41) is 0. The molecule has 1 aliphatic heterocycles. The van der Waals surface area contributed by atoms with Gasteiger partial charge in [0.05, 0.1) is 13.2 Å². The molecule has 1 aromatic rings. The second-order valence-electron chi connectivity index (χ2n) is 7.44. The van der Waals surface area contributed by atoms with Crippen LogP contribution in [0.1, 0.15) is 62.9 Å². The van der Waals surface area contributed by atoms with Crippen LogP contribution >= 0.6 is 0 Å². The number of benzene rings is 1. The minimum Gasteiger partial charge on any atom is -0.348 e. The van der Waals surface area contributed by atoms with Crippen molar-refractivity contribution in [2.45, 2.75) is 58.7 Å². The number of halogens is 2. The highest BCUT2D eigenvalue weighted by atomic mass is 19.1. The molecule has 4 heteroatoms. The van der Waals surface area contributed by atoms with Crippen LogP contribution in [0.3, 0.4) is 0 Å². The third-order valence-electron chi connectivity index (χ3n) is 5.75. The molecule has 1 aliphatic carbocycles. The van der Waals surface area contributed by atoms with Gasteiger partial charge in [-0.15, -0.1) is 0 Å². The van der Waals surface area contributed by atoms with E-state index >= 15 is 0 Å². The summed E-state index contributed by atoms with van der Waals surface area (Å²) < 4.78 is 39.0. The van der Waals surface area contributed by atoms with Gasteiger partial charge < -0.3 is 9.47 Å². The Balaban J connectivity index is 1.53. The van der Waals surface area contributed by atoms with Crippen molar-refractivity contribution in [3.05, 3.63) is 34.9 Å². The molecule has 0 unspecified atom stereocenters. The van der Waals surface area contributed by atoms with Crippen molar-refractivity contribution in [1.82, 2.24) is 0 Å². The molecule has 2 nitrogen and oxygen atoms in total. The lowest BCUT2D eigenvalue weighted by atomic mass is 9.75. The van der Waals surface area contributed by atoms with Crippen LogP contribution in [0.15, 0.2) is 12.1 Å². The molecule has 1 heterocycles. The number of ether oxygens (including phenoxy) is 2. The summed E-state index contributed by atoms with van der Waals surface area (Å²) in [6, 6.07) is 2.64. The fourth-order valence-electron chi connectivity index (χ4n) is 4.14. The number of hydrogen-bond donors (Lipinski definition) is 0. The molecule has 2 fully saturated rings. The Labute approximate surface area is 143 Å². The van der Waals surface area contributed by atoms with Crippen molar-refractivity contribution in [3.63, 3.8) is 0 Å². The van der Waals surface area contributed by atoms with E-state index in [4.69, 9.17) is 9.47 Å². The van der Waals surface area contributed by atoms with E-state index in [1.54, 1.807) is 0 Å². The van der Waals surface area contributed by atoms with Gasteiger partial charge in [-0.25, -0.2) is 8.78 Å². The lowest BCUT2D eigenvalue weighted by Gasteiger charge is -2.37. The molecular weight excluding hydrogens is 310 g/mol. The van der Waals surface area contributed by atoms with E-state index in [1.807, 2.05) is 0 Å². The second kappa shape index (κ2) is 7.92. The maximum absolute atomic E-state index is 13.7. The van der Waals surface area contributed by atoms with E-state index in [0.717, 1.165) is 5.92 Å². The van der Waals surface area contributed by atoms with Gasteiger partial charge in [0.1, 0.15) is 11.6 Å². The van der Waals surface area contributed by atoms with E-state index in [1.165, 1.54) is 57.6 Å². The molecule has 1 saturated carbocycles. The van der Waals surface area contributed by atoms with Gasteiger partial charge in [0, 0.05) is 17.0 Å². The first kappa shape index (κ1) is 17.8. The molecule has 134 valence electrons.